The zero-order chi connectivity index (χ0) is 14.6. The highest BCUT2D eigenvalue weighted by Gasteiger charge is 2.29. The number of nitrogens with one attached hydrogen (secondary N) is 2. The van der Waals surface area contributed by atoms with Crippen molar-refractivity contribution >= 4 is 35.4 Å². The van der Waals surface area contributed by atoms with Gasteiger partial charge in [-0.3, -0.25) is 9.59 Å². The van der Waals surface area contributed by atoms with Crippen molar-refractivity contribution in [1.82, 2.24) is 10.3 Å². The summed E-state index contributed by atoms with van der Waals surface area (Å²) in [5.41, 5.74) is 0.182. The predicted molar refractivity (Wildman–Crippen MR) is 76.8 cm³/mol. The molecule has 0 aliphatic carbocycles. The molecule has 0 saturated carbocycles. The minimum absolute atomic E-state index is 0.134. The number of hydrogen-bond acceptors (Lipinski definition) is 5. The highest BCUT2D eigenvalue weighted by molar-refractivity contribution is 7.73. The maximum absolute atomic E-state index is 11.8. The maximum atomic E-state index is 11.8. The second-order valence-corrected chi connectivity index (χ2v) is 6.66. The number of carbonyl (C=O) groups is 2. The number of esters is 1. The first-order valence-corrected chi connectivity index (χ1v) is 7.02. The van der Waals surface area contributed by atoms with E-state index >= 15 is 0 Å². The van der Waals surface area contributed by atoms with Gasteiger partial charge < -0.3 is 15.0 Å². The Morgan fingerprint density at radius 2 is 2.11 bits per heavy atom. The van der Waals surface area contributed by atoms with Gasteiger partial charge in [0.05, 0.1) is 18.9 Å². The minimum atomic E-state index is -0.732. The number of amides is 1. The second-order valence-electron chi connectivity index (χ2n) is 4.89. The first-order valence-electron chi connectivity index (χ1n) is 5.80. The first-order chi connectivity index (χ1) is 8.76. The Morgan fingerprint density at radius 1 is 1.47 bits per heavy atom. The van der Waals surface area contributed by atoms with E-state index in [1.807, 2.05) is 6.92 Å². The first kappa shape index (κ1) is 15.8. The van der Waals surface area contributed by atoms with Gasteiger partial charge in [-0.2, -0.15) is 0 Å². The molecule has 106 valence electrons. The minimum Gasteiger partial charge on any atom is -0.469 e. The largest absolute Gasteiger partial charge is 0.469 e. The fourth-order valence-electron chi connectivity index (χ4n) is 1.48. The van der Waals surface area contributed by atoms with Gasteiger partial charge in [-0.15, -0.1) is 11.3 Å². The van der Waals surface area contributed by atoms with Crippen LogP contribution in [0.1, 0.15) is 24.4 Å². The highest BCUT2D eigenvalue weighted by atomic mass is 32.1. The Kier molecular flexibility index (Phi) is 5.25. The van der Waals surface area contributed by atoms with E-state index in [1.54, 1.807) is 13.8 Å². The molecule has 0 spiro atoms. The summed E-state index contributed by atoms with van der Waals surface area (Å²) in [5.74, 6) is -0.480. The van der Waals surface area contributed by atoms with Gasteiger partial charge in [-0.05, 0) is 33.0 Å². The van der Waals surface area contributed by atoms with Crippen molar-refractivity contribution in [1.29, 1.82) is 0 Å². The number of rotatable bonds is 5. The number of aryl methyl sites for hydroxylation is 1. The fraction of sp³-hybridized carbons (Fsp3) is 0.583. The standard InChI is InChI=1S/C12H18N2O3S2/c1-7-8(19-11(18)14-7)5-9(15)13-6-12(2,3)10(16)17-4/h5-6H2,1-4H3,(H,13,15)(H,14,18). The zero-order valence-corrected chi connectivity index (χ0v) is 13.1. The number of hydrogen-bond donors (Lipinski definition) is 2. The number of ether oxygens (including phenoxy) is 1. The average molecular weight is 302 g/mol. The molecule has 7 heteroatoms. The van der Waals surface area contributed by atoms with Crippen molar-refractivity contribution in [2.24, 2.45) is 5.41 Å². The number of methoxy groups -OCH3 is 1. The van der Waals surface area contributed by atoms with E-state index in [0.717, 1.165) is 10.6 Å². The lowest BCUT2D eigenvalue weighted by Crippen LogP contribution is -2.40. The van der Waals surface area contributed by atoms with Crippen molar-refractivity contribution in [3.8, 4) is 0 Å². The summed E-state index contributed by atoms with van der Waals surface area (Å²) >= 11 is 6.41. The molecular formula is C12H18N2O3S2. The van der Waals surface area contributed by atoms with Crippen molar-refractivity contribution in [3.05, 3.63) is 14.5 Å². The van der Waals surface area contributed by atoms with E-state index in [1.165, 1.54) is 18.4 Å². The molecule has 0 atom stereocenters. The third-order valence-corrected chi connectivity index (χ3v) is 4.05. The van der Waals surface area contributed by atoms with Gasteiger partial charge in [-0.25, -0.2) is 0 Å². The summed E-state index contributed by atoms with van der Waals surface area (Å²) in [6, 6.07) is 0. The molecule has 2 N–H and O–H groups in total. The van der Waals surface area contributed by atoms with E-state index in [0.29, 0.717) is 3.95 Å². The van der Waals surface area contributed by atoms with Gasteiger partial charge in [0.2, 0.25) is 5.91 Å². The van der Waals surface area contributed by atoms with E-state index in [2.05, 4.69) is 15.0 Å². The average Bonchev–Trinajstić information content (AvgIpc) is 2.64. The summed E-state index contributed by atoms with van der Waals surface area (Å²) in [6.07, 6.45) is 0.265. The van der Waals surface area contributed by atoms with Gasteiger partial charge in [0.25, 0.3) is 0 Å². The van der Waals surface area contributed by atoms with Crippen LogP contribution in [0.25, 0.3) is 0 Å². The molecule has 19 heavy (non-hydrogen) atoms. The molecule has 0 aromatic carbocycles. The van der Waals surface area contributed by atoms with Gasteiger partial charge in [0.15, 0.2) is 3.95 Å². The van der Waals surface area contributed by atoms with E-state index in [4.69, 9.17) is 12.2 Å². The molecular weight excluding hydrogens is 284 g/mol. The maximum Gasteiger partial charge on any atom is 0.313 e. The van der Waals surface area contributed by atoms with Crippen LogP contribution in [0.15, 0.2) is 0 Å². The molecule has 0 bridgehead atoms. The Hall–Kier alpha value is -1.21. The number of aromatic amines is 1. The Balaban J connectivity index is 2.55. The van der Waals surface area contributed by atoms with Gasteiger partial charge >= 0.3 is 5.97 Å². The smallest absolute Gasteiger partial charge is 0.313 e. The Morgan fingerprint density at radius 3 is 2.58 bits per heavy atom. The lowest BCUT2D eigenvalue weighted by molar-refractivity contribution is -0.150. The molecule has 1 aromatic rings. The lowest BCUT2D eigenvalue weighted by atomic mass is 9.94. The van der Waals surface area contributed by atoms with Crippen LogP contribution in [-0.4, -0.2) is 30.5 Å². The van der Waals surface area contributed by atoms with E-state index < -0.39 is 5.41 Å². The summed E-state index contributed by atoms with van der Waals surface area (Å²) < 4.78 is 5.34. The summed E-state index contributed by atoms with van der Waals surface area (Å²) in [4.78, 5) is 27.2. The molecule has 0 aliphatic rings. The molecule has 1 aromatic heterocycles. The van der Waals surface area contributed by atoms with Crippen LogP contribution in [0.5, 0.6) is 0 Å². The molecule has 1 heterocycles. The molecule has 0 radical (unpaired) electrons. The molecule has 0 aliphatic heterocycles. The monoisotopic (exact) mass is 302 g/mol. The van der Waals surface area contributed by atoms with Crippen LogP contribution in [0.4, 0.5) is 0 Å². The lowest BCUT2D eigenvalue weighted by Gasteiger charge is -2.21. The normalized spacial score (nSPS) is 11.2. The fourth-order valence-corrected chi connectivity index (χ4v) is 2.77. The third-order valence-electron chi connectivity index (χ3n) is 2.71. The molecule has 0 unspecified atom stereocenters. The van der Waals surface area contributed by atoms with E-state index in [9.17, 15) is 9.59 Å². The third kappa shape index (κ3) is 4.43. The number of H-pyrrole nitrogens is 1. The van der Waals surface area contributed by atoms with Crippen molar-refractivity contribution in [2.45, 2.75) is 27.2 Å². The topological polar surface area (TPSA) is 71.2 Å². The summed E-state index contributed by atoms with van der Waals surface area (Å²) in [7, 11) is 1.34. The van der Waals surface area contributed by atoms with Crippen LogP contribution in [0.2, 0.25) is 0 Å². The van der Waals surface area contributed by atoms with Crippen LogP contribution >= 0.6 is 23.6 Å². The van der Waals surface area contributed by atoms with Crippen LogP contribution in [0.3, 0.4) is 0 Å². The quantitative estimate of drug-likeness (QED) is 0.644. The molecule has 1 amide bonds. The number of carbonyl (C=O) groups excluding carboxylic acids is 2. The highest BCUT2D eigenvalue weighted by Crippen LogP contribution is 2.17. The van der Waals surface area contributed by atoms with Crippen molar-refractivity contribution < 1.29 is 14.3 Å². The van der Waals surface area contributed by atoms with Gasteiger partial charge in [0, 0.05) is 17.1 Å². The Labute approximate surface area is 121 Å². The van der Waals surface area contributed by atoms with Crippen LogP contribution in [-0.2, 0) is 20.7 Å². The molecule has 0 saturated heterocycles. The number of aromatic nitrogens is 1. The zero-order valence-electron chi connectivity index (χ0n) is 11.5. The summed E-state index contributed by atoms with van der Waals surface area (Å²) in [6.45, 7) is 5.58. The SMILES string of the molecule is COC(=O)C(C)(C)CNC(=O)Cc1sc(=S)[nH]c1C. The summed E-state index contributed by atoms with van der Waals surface area (Å²) in [5, 5.41) is 2.74. The molecule has 5 nitrogen and oxygen atoms in total. The van der Waals surface area contributed by atoms with Crippen LogP contribution < -0.4 is 5.32 Å². The van der Waals surface area contributed by atoms with Gasteiger partial charge in [0.1, 0.15) is 0 Å². The molecule has 0 fully saturated rings. The number of thiazole rings is 1. The predicted octanol–water partition coefficient (Wildman–Crippen LogP) is 1.97. The van der Waals surface area contributed by atoms with Crippen molar-refractivity contribution in [3.63, 3.8) is 0 Å². The van der Waals surface area contributed by atoms with Gasteiger partial charge in [-0.1, -0.05) is 0 Å². The van der Waals surface area contributed by atoms with E-state index in [-0.39, 0.29) is 24.8 Å². The van der Waals surface area contributed by atoms with Crippen LogP contribution in [0, 0.1) is 16.3 Å². The molecule has 1 rings (SSSR count). The van der Waals surface area contributed by atoms with Crippen molar-refractivity contribution in [2.75, 3.05) is 13.7 Å². The Bertz CT molecular complexity index is 531. The second kappa shape index (κ2) is 6.29.